The molecule has 0 aromatic heterocycles. The van der Waals surface area contributed by atoms with Crippen molar-refractivity contribution in [3.8, 4) is 0 Å². The number of hydrogen-bond donors (Lipinski definition) is 0. The van der Waals surface area contributed by atoms with Gasteiger partial charge in [0.25, 0.3) is 11.8 Å². The van der Waals surface area contributed by atoms with Crippen molar-refractivity contribution in [1.29, 1.82) is 0 Å². The van der Waals surface area contributed by atoms with Crippen molar-refractivity contribution in [3.63, 3.8) is 0 Å². The van der Waals surface area contributed by atoms with Crippen molar-refractivity contribution in [2.75, 3.05) is 0 Å². The van der Waals surface area contributed by atoms with Crippen LogP contribution in [0.3, 0.4) is 0 Å². The standard InChI is InChI=1S/C14H11NO5/c1-7-2-3-8-9(6-7)13(18)15(12(8)17)10-4-5-11(16)20-14(10)19/h2-3,6,10H,4-5H2,1H3. The van der Waals surface area contributed by atoms with Gasteiger partial charge in [-0.05, 0) is 25.5 Å². The molecule has 20 heavy (non-hydrogen) atoms. The minimum atomic E-state index is -1.01. The summed E-state index contributed by atoms with van der Waals surface area (Å²) in [5.41, 5.74) is 1.43. The number of ether oxygens (including phenoxy) is 1. The Morgan fingerprint density at radius 1 is 1.10 bits per heavy atom. The summed E-state index contributed by atoms with van der Waals surface area (Å²) in [6.07, 6.45) is 0.130. The van der Waals surface area contributed by atoms with E-state index in [4.69, 9.17) is 0 Å². The molecule has 0 saturated carbocycles. The second-order valence-corrected chi connectivity index (χ2v) is 4.88. The molecule has 0 radical (unpaired) electrons. The van der Waals surface area contributed by atoms with Gasteiger partial charge in [-0.15, -0.1) is 0 Å². The summed E-state index contributed by atoms with van der Waals surface area (Å²) in [5, 5.41) is 0. The van der Waals surface area contributed by atoms with Crippen molar-refractivity contribution >= 4 is 23.8 Å². The average Bonchev–Trinajstić information content (AvgIpc) is 2.63. The molecule has 1 aromatic rings. The number of benzene rings is 1. The summed E-state index contributed by atoms with van der Waals surface area (Å²) in [7, 11) is 0. The Balaban J connectivity index is 1.97. The number of esters is 2. The SMILES string of the molecule is Cc1ccc2c(c1)C(=O)N(C1CCC(=O)OC1=O)C2=O. The fourth-order valence-corrected chi connectivity index (χ4v) is 2.49. The minimum absolute atomic E-state index is 0.0167. The van der Waals surface area contributed by atoms with Gasteiger partial charge in [0, 0.05) is 6.42 Å². The van der Waals surface area contributed by atoms with Crippen molar-refractivity contribution < 1.29 is 23.9 Å². The Labute approximate surface area is 114 Å². The van der Waals surface area contributed by atoms with E-state index in [0.717, 1.165) is 10.5 Å². The summed E-state index contributed by atoms with van der Waals surface area (Å²) in [6.45, 7) is 1.81. The van der Waals surface area contributed by atoms with Gasteiger partial charge in [-0.2, -0.15) is 0 Å². The number of imide groups is 1. The maximum Gasteiger partial charge on any atom is 0.337 e. The molecule has 3 rings (SSSR count). The summed E-state index contributed by atoms with van der Waals surface area (Å²) >= 11 is 0. The molecule has 2 aliphatic rings. The lowest BCUT2D eigenvalue weighted by Crippen LogP contribution is -2.48. The van der Waals surface area contributed by atoms with Crippen LogP contribution in [0.2, 0.25) is 0 Å². The monoisotopic (exact) mass is 273 g/mol. The molecule has 1 atom stereocenters. The molecule has 102 valence electrons. The van der Waals surface area contributed by atoms with E-state index >= 15 is 0 Å². The number of hydrogen-bond acceptors (Lipinski definition) is 5. The predicted octanol–water partition coefficient (Wildman–Crippen LogP) is 0.823. The molecular formula is C14H11NO5. The number of fused-ring (bicyclic) bond motifs is 1. The number of rotatable bonds is 1. The van der Waals surface area contributed by atoms with Gasteiger partial charge >= 0.3 is 11.9 Å². The van der Waals surface area contributed by atoms with E-state index in [9.17, 15) is 19.2 Å². The molecule has 0 aliphatic carbocycles. The lowest BCUT2D eigenvalue weighted by molar-refractivity contribution is -0.167. The highest BCUT2D eigenvalue weighted by Crippen LogP contribution is 2.28. The minimum Gasteiger partial charge on any atom is -0.392 e. The Morgan fingerprint density at radius 2 is 1.80 bits per heavy atom. The summed E-state index contributed by atoms with van der Waals surface area (Å²) in [4.78, 5) is 48.2. The Kier molecular flexibility index (Phi) is 2.67. The molecule has 6 nitrogen and oxygen atoms in total. The number of amides is 2. The number of carbonyl (C=O) groups is 4. The smallest absolute Gasteiger partial charge is 0.337 e. The largest absolute Gasteiger partial charge is 0.392 e. The first-order chi connectivity index (χ1) is 9.49. The second-order valence-electron chi connectivity index (χ2n) is 4.88. The third-order valence-corrected chi connectivity index (χ3v) is 3.49. The molecular weight excluding hydrogens is 262 g/mol. The zero-order chi connectivity index (χ0) is 14.4. The highest BCUT2D eigenvalue weighted by atomic mass is 16.6. The van der Waals surface area contributed by atoms with E-state index < -0.39 is 29.8 Å². The first kappa shape index (κ1) is 12.5. The van der Waals surface area contributed by atoms with E-state index in [2.05, 4.69) is 4.74 Å². The number of aryl methyl sites for hydroxylation is 1. The quantitative estimate of drug-likeness (QED) is 0.430. The molecule has 0 N–H and O–H groups in total. The number of cyclic esters (lactones) is 2. The van der Waals surface area contributed by atoms with Gasteiger partial charge in [-0.1, -0.05) is 11.6 Å². The van der Waals surface area contributed by atoms with Crippen molar-refractivity contribution in [3.05, 3.63) is 34.9 Å². The fourth-order valence-electron chi connectivity index (χ4n) is 2.49. The molecule has 1 unspecified atom stereocenters. The third-order valence-electron chi connectivity index (χ3n) is 3.49. The topological polar surface area (TPSA) is 80.8 Å². The molecule has 2 heterocycles. The molecule has 2 amide bonds. The van der Waals surface area contributed by atoms with Crippen LogP contribution in [0.4, 0.5) is 0 Å². The first-order valence-electron chi connectivity index (χ1n) is 6.22. The summed E-state index contributed by atoms with van der Waals surface area (Å²) < 4.78 is 4.51. The molecule has 1 aromatic carbocycles. The van der Waals surface area contributed by atoms with Gasteiger partial charge in [0.15, 0.2) is 0 Å². The number of nitrogens with zero attached hydrogens (tertiary/aromatic N) is 1. The molecule has 1 fully saturated rings. The van der Waals surface area contributed by atoms with Crippen LogP contribution < -0.4 is 0 Å². The van der Waals surface area contributed by atoms with Crippen LogP contribution in [0, 0.1) is 6.92 Å². The lowest BCUT2D eigenvalue weighted by atomic mass is 10.1. The Hall–Kier alpha value is -2.50. The van der Waals surface area contributed by atoms with E-state index in [1.807, 2.05) is 6.92 Å². The van der Waals surface area contributed by atoms with E-state index in [-0.39, 0.29) is 18.4 Å². The lowest BCUT2D eigenvalue weighted by Gasteiger charge is -2.26. The second kappa shape index (κ2) is 4.26. The predicted molar refractivity (Wildman–Crippen MR) is 65.8 cm³/mol. The van der Waals surface area contributed by atoms with E-state index in [1.165, 1.54) is 0 Å². The molecule has 1 saturated heterocycles. The average molecular weight is 273 g/mol. The highest BCUT2D eigenvalue weighted by molar-refractivity contribution is 6.23. The molecule has 0 bridgehead atoms. The van der Waals surface area contributed by atoms with Crippen LogP contribution in [0.5, 0.6) is 0 Å². The number of carbonyl (C=O) groups excluding carboxylic acids is 4. The fraction of sp³-hybridized carbons (Fsp3) is 0.286. The van der Waals surface area contributed by atoms with Gasteiger partial charge < -0.3 is 4.74 Å². The highest BCUT2D eigenvalue weighted by Gasteiger charge is 2.45. The van der Waals surface area contributed by atoms with Gasteiger partial charge in [-0.25, -0.2) is 4.79 Å². The Morgan fingerprint density at radius 3 is 2.50 bits per heavy atom. The Bertz CT molecular complexity index is 664. The summed E-state index contributed by atoms with van der Waals surface area (Å²) in [6, 6.07) is 3.91. The van der Waals surface area contributed by atoms with Gasteiger partial charge in [-0.3, -0.25) is 19.3 Å². The van der Waals surface area contributed by atoms with E-state index in [1.54, 1.807) is 18.2 Å². The molecule has 0 spiro atoms. The van der Waals surface area contributed by atoms with Crippen molar-refractivity contribution in [1.82, 2.24) is 4.90 Å². The van der Waals surface area contributed by atoms with Crippen LogP contribution in [0.25, 0.3) is 0 Å². The van der Waals surface area contributed by atoms with Gasteiger partial charge in [0.1, 0.15) is 6.04 Å². The van der Waals surface area contributed by atoms with Crippen LogP contribution in [-0.4, -0.2) is 34.7 Å². The van der Waals surface area contributed by atoms with Crippen LogP contribution >= 0.6 is 0 Å². The zero-order valence-corrected chi connectivity index (χ0v) is 10.7. The maximum absolute atomic E-state index is 12.3. The van der Waals surface area contributed by atoms with E-state index in [0.29, 0.717) is 5.56 Å². The molecule has 2 aliphatic heterocycles. The van der Waals surface area contributed by atoms with Crippen molar-refractivity contribution in [2.24, 2.45) is 0 Å². The third kappa shape index (κ3) is 1.72. The summed E-state index contributed by atoms with van der Waals surface area (Å²) in [5.74, 6) is -2.49. The van der Waals surface area contributed by atoms with Gasteiger partial charge in [0.05, 0.1) is 11.1 Å². The zero-order valence-electron chi connectivity index (χ0n) is 10.7. The maximum atomic E-state index is 12.3. The molecule has 6 heteroatoms. The first-order valence-corrected chi connectivity index (χ1v) is 6.22. The van der Waals surface area contributed by atoms with Gasteiger partial charge in [0.2, 0.25) is 0 Å². The van der Waals surface area contributed by atoms with Crippen molar-refractivity contribution in [2.45, 2.75) is 25.8 Å². The van der Waals surface area contributed by atoms with Crippen LogP contribution in [0.1, 0.15) is 39.1 Å². The van der Waals surface area contributed by atoms with Crippen LogP contribution in [0.15, 0.2) is 18.2 Å². The normalized spacial score (nSPS) is 22.1. The van der Waals surface area contributed by atoms with Crippen LogP contribution in [-0.2, 0) is 14.3 Å².